The van der Waals surface area contributed by atoms with Crippen molar-refractivity contribution in [1.82, 2.24) is 0 Å². The number of halogens is 2. The Bertz CT molecular complexity index is 231. The van der Waals surface area contributed by atoms with Crippen LogP contribution in [-0.4, -0.2) is 0 Å². The highest BCUT2D eigenvalue weighted by atomic mass is 79.9. The Labute approximate surface area is 77.9 Å². The van der Waals surface area contributed by atoms with E-state index in [1.54, 1.807) is 0 Å². The van der Waals surface area contributed by atoms with Crippen LogP contribution < -0.4 is 0 Å². The fourth-order valence-electron chi connectivity index (χ4n) is 0.766. The average Bonchev–Trinajstić information content (AvgIpc) is 1.95. The van der Waals surface area contributed by atoms with Crippen LogP contribution in [0, 0.1) is 6.07 Å². The molecule has 0 atom stereocenters. The summed E-state index contributed by atoms with van der Waals surface area (Å²) in [4.78, 5) is 0. The first kappa shape index (κ1) is 8.28. The molecule has 0 N–H and O–H groups in total. The monoisotopic (exact) mass is 261 g/mol. The Morgan fingerprint density at radius 3 is 2.70 bits per heavy atom. The Kier molecular flexibility index (Phi) is 2.93. The molecule has 0 bridgehead atoms. The number of hydrogen-bond donors (Lipinski definition) is 0. The highest BCUT2D eigenvalue weighted by Gasteiger charge is 1.99. The lowest BCUT2D eigenvalue weighted by Gasteiger charge is -2.00. The van der Waals surface area contributed by atoms with Crippen LogP contribution in [-0.2, 0) is 6.42 Å². The third kappa shape index (κ3) is 1.61. The van der Waals surface area contributed by atoms with Crippen LogP contribution in [0.2, 0.25) is 0 Å². The van der Waals surface area contributed by atoms with E-state index in [0.29, 0.717) is 0 Å². The number of hydrogen-bond acceptors (Lipinski definition) is 0. The van der Waals surface area contributed by atoms with E-state index in [2.05, 4.69) is 50.9 Å². The van der Waals surface area contributed by atoms with Crippen LogP contribution >= 0.6 is 31.9 Å². The summed E-state index contributed by atoms with van der Waals surface area (Å²) in [6, 6.07) is 7.03. The molecule has 0 unspecified atom stereocenters. The van der Waals surface area contributed by atoms with Gasteiger partial charge in [-0.1, -0.05) is 19.1 Å². The molecule has 1 aromatic rings. The minimum Gasteiger partial charge on any atom is -0.0613 e. The van der Waals surface area contributed by atoms with E-state index >= 15 is 0 Å². The molecule has 0 fully saturated rings. The van der Waals surface area contributed by atoms with Crippen molar-refractivity contribution in [3.05, 3.63) is 32.7 Å². The van der Waals surface area contributed by atoms with E-state index in [0.717, 1.165) is 15.4 Å². The maximum atomic E-state index is 3.46. The average molecular weight is 263 g/mol. The standard InChI is InChI=1S/C8H7Br2/c1-2-6-4-3-5-7(9)8(6)10/h3-4H,2H2,1H3. The van der Waals surface area contributed by atoms with Gasteiger partial charge >= 0.3 is 0 Å². The first-order chi connectivity index (χ1) is 4.75. The summed E-state index contributed by atoms with van der Waals surface area (Å²) < 4.78 is 2.13. The third-order valence-electron chi connectivity index (χ3n) is 1.35. The lowest BCUT2D eigenvalue weighted by molar-refractivity contribution is 1.12. The van der Waals surface area contributed by atoms with Crippen LogP contribution in [0.3, 0.4) is 0 Å². The molecule has 0 heterocycles. The van der Waals surface area contributed by atoms with Gasteiger partial charge in [0, 0.05) is 8.95 Å². The highest BCUT2D eigenvalue weighted by Crippen LogP contribution is 2.25. The van der Waals surface area contributed by atoms with Gasteiger partial charge in [-0.2, -0.15) is 0 Å². The van der Waals surface area contributed by atoms with Crippen molar-refractivity contribution in [3.63, 3.8) is 0 Å². The number of aryl methyl sites for hydroxylation is 1. The quantitative estimate of drug-likeness (QED) is 0.726. The summed E-state index contributed by atoms with van der Waals surface area (Å²) in [5, 5.41) is 0. The van der Waals surface area contributed by atoms with Crippen molar-refractivity contribution < 1.29 is 0 Å². The first-order valence-electron chi connectivity index (χ1n) is 3.10. The molecule has 0 aromatic heterocycles. The summed E-state index contributed by atoms with van der Waals surface area (Å²) in [7, 11) is 0. The van der Waals surface area contributed by atoms with Crippen LogP contribution in [0.5, 0.6) is 0 Å². The molecule has 0 aliphatic rings. The van der Waals surface area contributed by atoms with E-state index in [4.69, 9.17) is 0 Å². The predicted octanol–water partition coefficient (Wildman–Crippen LogP) is 3.57. The summed E-state index contributed by atoms with van der Waals surface area (Å²) >= 11 is 6.85. The third-order valence-corrected chi connectivity index (χ3v) is 3.41. The Morgan fingerprint density at radius 1 is 1.50 bits per heavy atom. The minimum atomic E-state index is 1.01. The predicted molar refractivity (Wildman–Crippen MR) is 50.1 cm³/mol. The van der Waals surface area contributed by atoms with Crippen molar-refractivity contribution in [2.75, 3.05) is 0 Å². The second-order valence-corrected chi connectivity index (χ2v) is 3.57. The van der Waals surface area contributed by atoms with Crippen molar-refractivity contribution in [3.8, 4) is 0 Å². The minimum absolute atomic E-state index is 1.01. The molecular formula is C8H7Br2. The molecule has 53 valence electrons. The van der Waals surface area contributed by atoms with Gasteiger partial charge in [0.15, 0.2) is 0 Å². The highest BCUT2D eigenvalue weighted by molar-refractivity contribution is 9.13. The zero-order valence-corrected chi connectivity index (χ0v) is 8.79. The zero-order chi connectivity index (χ0) is 7.56. The number of rotatable bonds is 1. The van der Waals surface area contributed by atoms with Gasteiger partial charge in [-0.25, -0.2) is 0 Å². The first-order valence-corrected chi connectivity index (χ1v) is 4.69. The molecule has 1 aromatic carbocycles. The summed E-state index contributed by atoms with van der Waals surface area (Å²) in [5.74, 6) is 0. The van der Waals surface area contributed by atoms with Crippen LogP contribution in [0.15, 0.2) is 21.1 Å². The SMILES string of the molecule is CCc1cc[c]c(Br)c1Br. The summed E-state index contributed by atoms with van der Waals surface area (Å²) in [6.45, 7) is 2.13. The van der Waals surface area contributed by atoms with Crippen molar-refractivity contribution in [2.45, 2.75) is 13.3 Å². The molecular weight excluding hydrogens is 256 g/mol. The molecule has 1 radical (unpaired) electrons. The molecule has 0 saturated heterocycles. The second-order valence-electron chi connectivity index (χ2n) is 1.98. The fraction of sp³-hybridized carbons (Fsp3) is 0.250. The van der Waals surface area contributed by atoms with Gasteiger partial charge in [0.05, 0.1) is 0 Å². The maximum Gasteiger partial charge on any atom is 0.0399 e. The summed E-state index contributed by atoms with van der Waals surface area (Å²) in [5.41, 5.74) is 1.31. The van der Waals surface area contributed by atoms with Gasteiger partial charge in [-0.05, 0) is 49.9 Å². The Balaban J connectivity index is 3.14. The molecule has 0 nitrogen and oxygen atoms in total. The van der Waals surface area contributed by atoms with Gasteiger partial charge < -0.3 is 0 Å². The smallest absolute Gasteiger partial charge is 0.0399 e. The van der Waals surface area contributed by atoms with E-state index in [9.17, 15) is 0 Å². The molecule has 0 aliphatic carbocycles. The largest absolute Gasteiger partial charge is 0.0613 e. The molecule has 0 amide bonds. The molecule has 2 heteroatoms. The van der Waals surface area contributed by atoms with E-state index in [-0.39, 0.29) is 0 Å². The maximum absolute atomic E-state index is 3.46. The van der Waals surface area contributed by atoms with Gasteiger partial charge in [0.1, 0.15) is 0 Å². The van der Waals surface area contributed by atoms with Crippen LogP contribution in [0.4, 0.5) is 0 Å². The lowest BCUT2D eigenvalue weighted by Crippen LogP contribution is -1.81. The van der Waals surface area contributed by atoms with E-state index < -0.39 is 0 Å². The van der Waals surface area contributed by atoms with E-state index in [1.165, 1.54) is 5.56 Å². The summed E-state index contributed by atoms with van der Waals surface area (Å²) in [6.07, 6.45) is 1.05. The van der Waals surface area contributed by atoms with Crippen molar-refractivity contribution in [1.29, 1.82) is 0 Å². The van der Waals surface area contributed by atoms with Gasteiger partial charge in [-0.3, -0.25) is 0 Å². The molecule has 0 aliphatic heterocycles. The van der Waals surface area contributed by atoms with E-state index in [1.807, 2.05) is 6.07 Å². The topological polar surface area (TPSA) is 0 Å². The normalized spacial score (nSPS) is 9.90. The molecule has 0 spiro atoms. The zero-order valence-electron chi connectivity index (χ0n) is 5.62. The van der Waals surface area contributed by atoms with Crippen LogP contribution in [0.25, 0.3) is 0 Å². The molecule has 1 rings (SSSR count). The van der Waals surface area contributed by atoms with Gasteiger partial charge in [-0.15, -0.1) is 0 Å². The van der Waals surface area contributed by atoms with Gasteiger partial charge in [0.2, 0.25) is 0 Å². The Hall–Kier alpha value is 0.180. The van der Waals surface area contributed by atoms with Crippen molar-refractivity contribution >= 4 is 31.9 Å². The Morgan fingerprint density at radius 2 is 2.20 bits per heavy atom. The van der Waals surface area contributed by atoms with Crippen LogP contribution in [0.1, 0.15) is 12.5 Å². The molecule has 0 saturated carbocycles. The fourth-order valence-corrected chi connectivity index (χ4v) is 1.68. The second kappa shape index (κ2) is 3.54. The lowest BCUT2D eigenvalue weighted by atomic mass is 10.2. The van der Waals surface area contributed by atoms with Gasteiger partial charge in [0.25, 0.3) is 0 Å². The molecule has 10 heavy (non-hydrogen) atoms. The van der Waals surface area contributed by atoms with Crippen molar-refractivity contribution in [2.24, 2.45) is 0 Å². The number of benzene rings is 1.